The number of nitrogens with zero attached hydrogens (tertiary/aromatic N) is 3. The second-order valence-electron chi connectivity index (χ2n) is 7.34. The van der Waals surface area contributed by atoms with Crippen LogP contribution in [0.5, 0.6) is 5.75 Å². The minimum Gasteiger partial charge on any atom is -0.485 e. The molecule has 0 amide bonds. The molecule has 0 bridgehead atoms. The zero-order chi connectivity index (χ0) is 18.6. The molecule has 8 heteroatoms. The first kappa shape index (κ1) is 22.7. The van der Waals surface area contributed by atoms with Gasteiger partial charge in [0.2, 0.25) is 0 Å². The summed E-state index contributed by atoms with van der Waals surface area (Å²) >= 11 is 5.96. The zero-order valence-electron chi connectivity index (χ0n) is 15.6. The molecule has 0 aliphatic rings. The van der Waals surface area contributed by atoms with Crippen molar-refractivity contribution in [2.45, 2.75) is 58.9 Å². The molecule has 0 spiro atoms. The Morgan fingerprint density at radius 3 is 2.62 bits per heavy atom. The highest BCUT2D eigenvalue weighted by Gasteiger charge is 2.23. The Labute approximate surface area is 166 Å². The van der Waals surface area contributed by atoms with Crippen molar-refractivity contribution in [3.8, 4) is 5.75 Å². The molecule has 0 saturated carbocycles. The summed E-state index contributed by atoms with van der Waals surface area (Å²) in [4.78, 5) is 4.54. The Bertz CT molecular complexity index is 699. The fourth-order valence-electron chi connectivity index (χ4n) is 2.54. The van der Waals surface area contributed by atoms with Gasteiger partial charge < -0.3 is 15.6 Å². The van der Waals surface area contributed by atoms with Gasteiger partial charge in [0.15, 0.2) is 5.82 Å². The lowest BCUT2D eigenvalue weighted by Crippen LogP contribution is -2.30. The van der Waals surface area contributed by atoms with Gasteiger partial charge in [-0.15, -0.1) is 12.4 Å². The van der Waals surface area contributed by atoms with Crippen LogP contribution in [-0.4, -0.2) is 25.5 Å². The van der Waals surface area contributed by atoms with Gasteiger partial charge in [-0.3, -0.25) is 0 Å². The molecule has 2 rings (SSSR count). The van der Waals surface area contributed by atoms with E-state index in [1.807, 2.05) is 12.1 Å². The largest absolute Gasteiger partial charge is 0.485 e. The minimum atomic E-state index is -0.912. The van der Waals surface area contributed by atoms with Crippen molar-refractivity contribution in [3.05, 3.63) is 40.9 Å². The van der Waals surface area contributed by atoms with E-state index in [1.54, 1.807) is 30.7 Å². The lowest BCUT2D eigenvalue weighted by molar-refractivity contribution is 0.0559. The number of halogens is 2. The Hall–Kier alpha value is -1.34. The van der Waals surface area contributed by atoms with Gasteiger partial charge in [-0.25, -0.2) is 9.67 Å². The SMILES string of the molecule is CC(C)C[C@H](N)c1nc(COc2cccc(Cl)c2)nn1CC(C)(C)O.Cl. The predicted molar refractivity (Wildman–Crippen MR) is 106 cm³/mol. The second-order valence-corrected chi connectivity index (χ2v) is 7.77. The van der Waals surface area contributed by atoms with Gasteiger partial charge in [0.25, 0.3) is 0 Å². The topological polar surface area (TPSA) is 86.2 Å². The molecule has 0 fully saturated rings. The molecule has 1 aromatic carbocycles. The van der Waals surface area contributed by atoms with E-state index < -0.39 is 5.60 Å². The summed E-state index contributed by atoms with van der Waals surface area (Å²) < 4.78 is 7.39. The molecule has 146 valence electrons. The minimum absolute atomic E-state index is 0. The van der Waals surface area contributed by atoms with Crippen LogP contribution in [0.3, 0.4) is 0 Å². The van der Waals surface area contributed by atoms with Gasteiger partial charge in [0.1, 0.15) is 18.2 Å². The van der Waals surface area contributed by atoms with E-state index in [9.17, 15) is 5.11 Å². The van der Waals surface area contributed by atoms with E-state index in [0.29, 0.717) is 34.9 Å². The molecule has 0 aliphatic carbocycles. The highest BCUT2D eigenvalue weighted by molar-refractivity contribution is 6.30. The first-order valence-electron chi connectivity index (χ1n) is 8.44. The fraction of sp³-hybridized carbons (Fsp3) is 0.556. The van der Waals surface area contributed by atoms with Gasteiger partial charge in [0, 0.05) is 5.02 Å². The molecule has 1 aromatic heterocycles. The smallest absolute Gasteiger partial charge is 0.188 e. The van der Waals surface area contributed by atoms with Crippen LogP contribution in [-0.2, 0) is 13.2 Å². The van der Waals surface area contributed by atoms with Crippen LogP contribution < -0.4 is 10.5 Å². The monoisotopic (exact) mass is 402 g/mol. The Morgan fingerprint density at radius 1 is 1.35 bits per heavy atom. The van der Waals surface area contributed by atoms with Crippen molar-refractivity contribution in [2.75, 3.05) is 0 Å². The van der Waals surface area contributed by atoms with Gasteiger partial charge >= 0.3 is 0 Å². The highest BCUT2D eigenvalue weighted by Crippen LogP contribution is 2.21. The van der Waals surface area contributed by atoms with E-state index in [2.05, 4.69) is 23.9 Å². The van der Waals surface area contributed by atoms with Gasteiger partial charge in [-0.05, 0) is 44.4 Å². The number of hydrogen-bond donors (Lipinski definition) is 2. The molecule has 0 radical (unpaired) electrons. The summed E-state index contributed by atoms with van der Waals surface area (Å²) in [5.41, 5.74) is 5.38. The summed E-state index contributed by atoms with van der Waals surface area (Å²) in [7, 11) is 0. The van der Waals surface area contributed by atoms with Gasteiger partial charge in [-0.2, -0.15) is 5.10 Å². The van der Waals surface area contributed by atoms with E-state index in [-0.39, 0.29) is 25.1 Å². The van der Waals surface area contributed by atoms with Crippen LogP contribution in [0.1, 0.15) is 51.8 Å². The maximum atomic E-state index is 10.1. The van der Waals surface area contributed by atoms with Gasteiger partial charge in [-0.1, -0.05) is 31.5 Å². The fourth-order valence-corrected chi connectivity index (χ4v) is 2.72. The lowest BCUT2D eigenvalue weighted by atomic mass is 10.0. The summed E-state index contributed by atoms with van der Waals surface area (Å²) in [6.45, 7) is 8.21. The average molecular weight is 403 g/mol. The maximum Gasteiger partial charge on any atom is 0.188 e. The molecule has 0 aliphatic heterocycles. The normalized spacial score (nSPS) is 12.8. The van der Waals surface area contributed by atoms with Gasteiger partial charge in [0.05, 0.1) is 18.2 Å². The third-order valence-corrected chi connectivity index (χ3v) is 3.74. The van der Waals surface area contributed by atoms with E-state index in [0.717, 1.165) is 6.42 Å². The number of aromatic nitrogens is 3. The number of hydrogen-bond acceptors (Lipinski definition) is 5. The molecule has 2 aromatic rings. The summed E-state index contributed by atoms with van der Waals surface area (Å²) in [6.07, 6.45) is 0.791. The third-order valence-electron chi connectivity index (χ3n) is 3.50. The second kappa shape index (κ2) is 9.55. The van der Waals surface area contributed by atoms with Crippen LogP contribution in [0.2, 0.25) is 5.02 Å². The van der Waals surface area contributed by atoms with Crippen molar-refractivity contribution >= 4 is 24.0 Å². The first-order chi connectivity index (χ1) is 11.6. The van der Waals surface area contributed by atoms with Crippen molar-refractivity contribution in [2.24, 2.45) is 11.7 Å². The van der Waals surface area contributed by atoms with Crippen molar-refractivity contribution in [1.82, 2.24) is 14.8 Å². The average Bonchev–Trinajstić information content (AvgIpc) is 2.85. The van der Waals surface area contributed by atoms with Crippen LogP contribution in [0, 0.1) is 5.92 Å². The van der Waals surface area contributed by atoms with Crippen molar-refractivity contribution < 1.29 is 9.84 Å². The highest BCUT2D eigenvalue weighted by atomic mass is 35.5. The van der Waals surface area contributed by atoms with Crippen LogP contribution in [0.25, 0.3) is 0 Å². The maximum absolute atomic E-state index is 10.1. The lowest BCUT2D eigenvalue weighted by Gasteiger charge is -2.20. The number of aliphatic hydroxyl groups is 1. The van der Waals surface area contributed by atoms with Crippen LogP contribution in [0.15, 0.2) is 24.3 Å². The summed E-state index contributed by atoms with van der Waals surface area (Å²) in [6, 6.07) is 6.93. The molecule has 26 heavy (non-hydrogen) atoms. The number of ether oxygens (including phenoxy) is 1. The number of rotatable bonds is 8. The molecule has 3 N–H and O–H groups in total. The third kappa shape index (κ3) is 7.11. The molecule has 0 unspecified atom stereocenters. The number of nitrogens with two attached hydrogens (primary N) is 1. The molecule has 6 nitrogen and oxygen atoms in total. The Balaban J connectivity index is 0.00000338. The van der Waals surface area contributed by atoms with Crippen molar-refractivity contribution in [1.29, 1.82) is 0 Å². The molecule has 1 atom stereocenters. The molecule has 0 saturated heterocycles. The predicted octanol–water partition coefficient (Wildman–Crippen LogP) is 3.75. The van der Waals surface area contributed by atoms with E-state index in [4.69, 9.17) is 22.1 Å². The quantitative estimate of drug-likeness (QED) is 0.701. The zero-order valence-corrected chi connectivity index (χ0v) is 17.2. The molecular weight excluding hydrogens is 375 g/mol. The summed E-state index contributed by atoms with van der Waals surface area (Å²) in [5, 5.41) is 15.2. The number of benzene rings is 1. The Morgan fingerprint density at radius 2 is 2.04 bits per heavy atom. The standard InChI is InChI=1S/C18H27ClN4O2.ClH/c1-12(2)8-15(20)17-21-16(22-23(17)11-18(3,4)24)10-25-14-7-5-6-13(19)9-14;/h5-7,9,12,15,24H,8,10-11,20H2,1-4H3;1H/t15-;/m0./s1. The van der Waals surface area contributed by atoms with Crippen molar-refractivity contribution in [3.63, 3.8) is 0 Å². The molecule has 1 heterocycles. The van der Waals surface area contributed by atoms with E-state index >= 15 is 0 Å². The first-order valence-corrected chi connectivity index (χ1v) is 8.82. The van der Waals surface area contributed by atoms with Crippen LogP contribution in [0.4, 0.5) is 0 Å². The molecular formula is C18H28Cl2N4O2. The van der Waals surface area contributed by atoms with E-state index in [1.165, 1.54) is 0 Å². The summed E-state index contributed by atoms with van der Waals surface area (Å²) in [5.74, 6) is 2.28. The Kier molecular flexibility index (Phi) is 8.34. The van der Waals surface area contributed by atoms with Crippen LogP contribution >= 0.6 is 24.0 Å².